The molecule has 0 unspecified atom stereocenters. The van der Waals surface area contributed by atoms with Gasteiger partial charge in [0.1, 0.15) is 0 Å². The second-order valence-electron chi connectivity index (χ2n) is 8.13. The Morgan fingerprint density at radius 1 is 0.788 bits per heavy atom. The quantitative estimate of drug-likeness (QED) is 0.330. The Morgan fingerprint density at radius 3 is 2.06 bits per heavy atom. The molecule has 0 aliphatic heterocycles. The number of aromatic nitrogens is 2. The third-order valence-corrected chi connectivity index (χ3v) is 6.39. The molecule has 1 N–H and O–H groups in total. The Balaban J connectivity index is 1.59. The van der Waals surface area contributed by atoms with Crippen molar-refractivity contribution in [1.82, 2.24) is 15.3 Å². The number of benzene rings is 3. The predicted octanol–water partition coefficient (Wildman–Crippen LogP) is 6.57. The number of hydrogen-bond donors (Lipinski definition) is 1. The first kappa shape index (κ1) is 21.0. The molecule has 0 aliphatic carbocycles. The summed E-state index contributed by atoms with van der Waals surface area (Å²) in [6.07, 6.45) is 0. The molecule has 0 radical (unpaired) electrons. The Morgan fingerprint density at radius 2 is 1.45 bits per heavy atom. The van der Waals surface area contributed by atoms with Gasteiger partial charge >= 0.3 is 0 Å². The van der Waals surface area contributed by atoms with Crippen molar-refractivity contribution in [1.29, 1.82) is 0 Å². The molecular weight excluding hydrogens is 426 g/mol. The maximum atomic E-state index is 12.8. The van der Waals surface area contributed by atoms with Crippen LogP contribution in [0.4, 0.5) is 0 Å². The van der Waals surface area contributed by atoms with Crippen molar-refractivity contribution in [2.24, 2.45) is 0 Å². The topological polar surface area (TPSA) is 54.9 Å². The molecule has 3 aromatic carbocycles. The van der Waals surface area contributed by atoms with Crippen molar-refractivity contribution in [3.8, 4) is 22.5 Å². The van der Waals surface area contributed by atoms with Gasteiger partial charge in [-0.3, -0.25) is 4.79 Å². The number of nitrogens with one attached hydrogen (secondary N) is 1. The van der Waals surface area contributed by atoms with Crippen molar-refractivity contribution in [2.45, 2.75) is 20.4 Å². The van der Waals surface area contributed by atoms with Gasteiger partial charge < -0.3 is 5.32 Å². The average molecular weight is 450 g/mol. The summed E-state index contributed by atoms with van der Waals surface area (Å²) < 4.78 is 0. The number of aryl methyl sites for hydroxylation is 2. The Hall–Kier alpha value is -3.83. The fraction of sp³-hybridized carbons (Fsp3) is 0.107. The maximum Gasteiger partial charge on any atom is 0.251 e. The molecule has 0 aliphatic rings. The number of carbonyl (C=O) groups is 1. The number of carbonyl (C=O) groups excluding carboxylic acids is 1. The van der Waals surface area contributed by atoms with Crippen LogP contribution in [0.2, 0.25) is 0 Å². The minimum Gasteiger partial charge on any atom is -0.347 e. The predicted molar refractivity (Wildman–Crippen MR) is 135 cm³/mol. The largest absolute Gasteiger partial charge is 0.347 e. The second kappa shape index (κ2) is 8.96. The fourth-order valence-electron chi connectivity index (χ4n) is 3.87. The smallest absolute Gasteiger partial charge is 0.251 e. The first-order chi connectivity index (χ1) is 16.1. The van der Waals surface area contributed by atoms with Crippen LogP contribution in [-0.4, -0.2) is 15.9 Å². The third kappa shape index (κ3) is 4.54. The minimum absolute atomic E-state index is 0.119. The van der Waals surface area contributed by atoms with E-state index in [9.17, 15) is 4.79 Å². The molecule has 0 bridgehead atoms. The van der Waals surface area contributed by atoms with Crippen LogP contribution < -0.4 is 5.32 Å². The second-order valence-corrected chi connectivity index (χ2v) is 9.16. The van der Waals surface area contributed by atoms with E-state index in [-0.39, 0.29) is 5.91 Å². The van der Waals surface area contributed by atoms with Crippen molar-refractivity contribution in [3.05, 3.63) is 106 Å². The Labute approximate surface area is 197 Å². The van der Waals surface area contributed by atoms with Crippen LogP contribution in [0.3, 0.4) is 0 Å². The summed E-state index contributed by atoms with van der Waals surface area (Å²) in [5.41, 5.74) is 8.05. The highest BCUT2D eigenvalue weighted by Crippen LogP contribution is 2.32. The van der Waals surface area contributed by atoms with Crippen molar-refractivity contribution >= 4 is 28.3 Å². The molecule has 4 nitrogen and oxygen atoms in total. The van der Waals surface area contributed by atoms with Gasteiger partial charge in [0, 0.05) is 21.6 Å². The van der Waals surface area contributed by atoms with Crippen LogP contribution in [0.5, 0.6) is 0 Å². The van der Waals surface area contributed by atoms with Crippen LogP contribution in [0.1, 0.15) is 26.4 Å². The summed E-state index contributed by atoms with van der Waals surface area (Å²) >= 11 is 1.63. The van der Waals surface area contributed by atoms with Gasteiger partial charge in [0.25, 0.3) is 5.91 Å². The van der Waals surface area contributed by atoms with Gasteiger partial charge in [-0.25, -0.2) is 9.97 Å². The summed E-state index contributed by atoms with van der Waals surface area (Å²) in [4.78, 5) is 23.9. The number of fused-ring (bicyclic) bond motifs is 1. The normalized spacial score (nSPS) is 11.0. The molecule has 5 rings (SSSR count). The van der Waals surface area contributed by atoms with E-state index < -0.39 is 0 Å². The SMILES string of the molecule is Cc1cccc(-c2nc3ccc(C(=O)NCc4cccs4)cc3nc2-c2cccc(C)c2)c1. The zero-order valence-corrected chi connectivity index (χ0v) is 19.3. The van der Waals surface area contributed by atoms with Gasteiger partial charge in [-0.05, 0) is 55.6 Å². The van der Waals surface area contributed by atoms with Crippen molar-refractivity contribution in [3.63, 3.8) is 0 Å². The van der Waals surface area contributed by atoms with Gasteiger partial charge in [0.2, 0.25) is 0 Å². The molecule has 0 spiro atoms. The van der Waals surface area contributed by atoms with Crippen LogP contribution in [0, 0.1) is 13.8 Å². The number of amides is 1. The highest BCUT2D eigenvalue weighted by atomic mass is 32.1. The van der Waals surface area contributed by atoms with Gasteiger partial charge in [-0.1, -0.05) is 53.6 Å². The highest BCUT2D eigenvalue weighted by Gasteiger charge is 2.15. The van der Waals surface area contributed by atoms with Crippen LogP contribution >= 0.6 is 11.3 Å². The summed E-state index contributed by atoms with van der Waals surface area (Å²) in [5.74, 6) is -0.119. The third-order valence-electron chi connectivity index (χ3n) is 5.51. The number of rotatable bonds is 5. The standard InChI is InChI=1S/C28H23N3OS/c1-18-6-3-8-20(14-18)26-27(21-9-4-7-19(2)15-21)31-25-16-22(11-12-24(25)30-26)28(32)29-17-23-10-5-13-33-23/h3-16H,17H2,1-2H3,(H,29,32). The molecule has 1 amide bonds. The number of thiophene rings is 1. The van der Waals surface area contributed by atoms with Crippen LogP contribution in [0.15, 0.2) is 84.2 Å². The number of nitrogens with zero attached hydrogens (tertiary/aromatic N) is 2. The average Bonchev–Trinajstić information content (AvgIpc) is 3.35. The molecule has 2 heterocycles. The molecule has 0 atom stereocenters. The molecule has 5 heteroatoms. The maximum absolute atomic E-state index is 12.8. The summed E-state index contributed by atoms with van der Waals surface area (Å²) in [6.45, 7) is 4.66. The van der Waals surface area contributed by atoms with Crippen molar-refractivity contribution in [2.75, 3.05) is 0 Å². The monoisotopic (exact) mass is 449 g/mol. The summed E-state index contributed by atoms with van der Waals surface area (Å²) in [7, 11) is 0. The van der Waals surface area contributed by atoms with Gasteiger partial charge in [-0.2, -0.15) is 0 Å². The first-order valence-electron chi connectivity index (χ1n) is 10.8. The van der Waals surface area contributed by atoms with E-state index in [1.807, 2.05) is 47.8 Å². The molecule has 0 fully saturated rings. The molecule has 0 saturated carbocycles. The van der Waals surface area contributed by atoms with E-state index in [1.54, 1.807) is 11.3 Å². The molecule has 5 aromatic rings. The molecule has 33 heavy (non-hydrogen) atoms. The number of hydrogen-bond acceptors (Lipinski definition) is 4. The van der Waals surface area contributed by atoms with E-state index in [0.717, 1.165) is 38.5 Å². The van der Waals surface area contributed by atoms with Gasteiger partial charge in [0.15, 0.2) is 0 Å². The highest BCUT2D eigenvalue weighted by molar-refractivity contribution is 7.09. The summed E-state index contributed by atoms with van der Waals surface area (Å²) in [6, 6.07) is 26.1. The van der Waals surface area contributed by atoms with Crippen LogP contribution in [-0.2, 0) is 6.54 Å². The lowest BCUT2D eigenvalue weighted by molar-refractivity contribution is 0.0951. The molecule has 162 valence electrons. The Kier molecular flexibility index (Phi) is 5.71. The van der Waals surface area contributed by atoms with E-state index in [4.69, 9.17) is 9.97 Å². The van der Waals surface area contributed by atoms with E-state index in [1.165, 1.54) is 5.56 Å². The lowest BCUT2D eigenvalue weighted by Gasteiger charge is -2.12. The molecule has 2 aromatic heterocycles. The molecule has 0 saturated heterocycles. The van der Waals surface area contributed by atoms with Gasteiger partial charge in [0.05, 0.1) is 29.0 Å². The van der Waals surface area contributed by atoms with Gasteiger partial charge in [-0.15, -0.1) is 11.3 Å². The van der Waals surface area contributed by atoms with E-state index in [2.05, 4.69) is 55.6 Å². The molecular formula is C28H23N3OS. The lowest BCUT2D eigenvalue weighted by Crippen LogP contribution is -2.22. The minimum atomic E-state index is -0.119. The van der Waals surface area contributed by atoms with Crippen LogP contribution in [0.25, 0.3) is 33.5 Å². The lowest BCUT2D eigenvalue weighted by atomic mass is 10.0. The first-order valence-corrected chi connectivity index (χ1v) is 11.7. The van der Waals surface area contributed by atoms with E-state index >= 15 is 0 Å². The summed E-state index contributed by atoms with van der Waals surface area (Å²) in [5, 5.41) is 4.99. The zero-order chi connectivity index (χ0) is 22.8. The Bertz CT molecular complexity index is 1460. The zero-order valence-electron chi connectivity index (χ0n) is 18.5. The van der Waals surface area contributed by atoms with Crippen molar-refractivity contribution < 1.29 is 4.79 Å². The van der Waals surface area contributed by atoms with E-state index in [0.29, 0.717) is 17.6 Å². The fourth-order valence-corrected chi connectivity index (χ4v) is 4.51.